The Morgan fingerprint density at radius 1 is 1.20 bits per heavy atom. The zero-order valence-corrected chi connectivity index (χ0v) is 14.9. The molecule has 0 saturated carbocycles. The van der Waals surface area contributed by atoms with Crippen molar-refractivity contribution in [3.63, 3.8) is 0 Å². The fraction of sp³-hybridized carbons (Fsp3) is 0.238. The van der Waals surface area contributed by atoms with Crippen molar-refractivity contribution in [2.75, 3.05) is 0 Å². The Kier molecular flexibility index (Phi) is 3.32. The second-order valence-corrected chi connectivity index (χ2v) is 7.21. The number of hydrogen-bond donors (Lipinski definition) is 1. The summed E-state index contributed by atoms with van der Waals surface area (Å²) in [5, 5.41) is 12.0. The van der Waals surface area contributed by atoms with Crippen LogP contribution in [-0.4, -0.2) is 20.9 Å². The highest BCUT2D eigenvalue weighted by Crippen LogP contribution is 2.44. The minimum absolute atomic E-state index is 0.246. The first-order valence-electron chi connectivity index (χ1n) is 8.42. The van der Waals surface area contributed by atoms with E-state index in [9.17, 15) is 5.11 Å². The lowest BCUT2D eigenvalue weighted by atomic mass is 9.91. The number of pyridine rings is 1. The smallest absolute Gasteiger partial charge is 0.201 e. The summed E-state index contributed by atoms with van der Waals surface area (Å²) < 4.78 is 2.00. The van der Waals surface area contributed by atoms with Crippen molar-refractivity contribution in [3.05, 3.63) is 59.3 Å². The molecule has 0 aliphatic carbocycles. The molecule has 1 N–H and O–H groups in total. The molecule has 0 saturated heterocycles. The zero-order chi connectivity index (χ0) is 17.8. The van der Waals surface area contributed by atoms with E-state index < -0.39 is 0 Å². The number of aromatic nitrogens is 2. The lowest BCUT2D eigenvalue weighted by Gasteiger charge is -2.31. The van der Waals surface area contributed by atoms with Crippen molar-refractivity contribution in [3.8, 4) is 5.88 Å². The maximum absolute atomic E-state index is 11.0. The van der Waals surface area contributed by atoms with Gasteiger partial charge in [-0.3, -0.25) is 0 Å². The summed E-state index contributed by atoms with van der Waals surface area (Å²) in [5.41, 5.74) is 5.07. The van der Waals surface area contributed by atoms with Gasteiger partial charge in [-0.25, -0.2) is 9.98 Å². The van der Waals surface area contributed by atoms with Gasteiger partial charge < -0.3 is 9.67 Å². The maximum Gasteiger partial charge on any atom is 0.201 e. The quantitative estimate of drug-likeness (QED) is 0.675. The van der Waals surface area contributed by atoms with E-state index in [-0.39, 0.29) is 11.4 Å². The van der Waals surface area contributed by atoms with Crippen molar-refractivity contribution in [2.45, 2.75) is 33.2 Å². The first-order valence-corrected chi connectivity index (χ1v) is 8.42. The summed E-state index contributed by atoms with van der Waals surface area (Å²) >= 11 is 0. The van der Waals surface area contributed by atoms with E-state index >= 15 is 0 Å². The Morgan fingerprint density at radius 3 is 2.72 bits per heavy atom. The number of nitrogens with zero attached hydrogens (tertiary/aromatic N) is 3. The first kappa shape index (κ1) is 15.6. The molecular formula is C21H21N3O. The summed E-state index contributed by atoms with van der Waals surface area (Å²) in [6.45, 7) is 8.43. The number of rotatable bonds is 2. The Balaban J connectivity index is 2.01. The topological polar surface area (TPSA) is 50.4 Å². The van der Waals surface area contributed by atoms with Gasteiger partial charge in [0, 0.05) is 23.4 Å². The molecule has 1 aromatic carbocycles. The Bertz CT molecular complexity index is 1040. The third kappa shape index (κ3) is 2.37. The van der Waals surface area contributed by atoms with Crippen molar-refractivity contribution >= 4 is 28.5 Å². The highest BCUT2D eigenvalue weighted by molar-refractivity contribution is 6.07. The number of aromatic hydroxyl groups is 1. The zero-order valence-electron chi connectivity index (χ0n) is 14.9. The number of aliphatic imine (C=N–C) groups is 1. The highest BCUT2D eigenvalue weighted by atomic mass is 16.3. The maximum atomic E-state index is 11.0. The van der Waals surface area contributed by atoms with E-state index in [4.69, 9.17) is 0 Å². The predicted molar refractivity (Wildman–Crippen MR) is 103 cm³/mol. The van der Waals surface area contributed by atoms with Crippen LogP contribution in [0.2, 0.25) is 0 Å². The summed E-state index contributed by atoms with van der Waals surface area (Å²) in [5.74, 6) is 0.870. The van der Waals surface area contributed by atoms with Crippen LogP contribution in [0, 0.1) is 6.92 Å². The van der Waals surface area contributed by atoms with E-state index in [0.717, 1.165) is 16.5 Å². The molecule has 0 bridgehead atoms. The van der Waals surface area contributed by atoms with Gasteiger partial charge in [-0.15, -0.1) is 0 Å². The molecule has 0 spiro atoms. The van der Waals surface area contributed by atoms with E-state index in [0.29, 0.717) is 5.82 Å². The largest absolute Gasteiger partial charge is 0.494 e. The fourth-order valence-corrected chi connectivity index (χ4v) is 3.79. The normalized spacial score (nSPS) is 15.8. The third-order valence-corrected chi connectivity index (χ3v) is 4.77. The van der Waals surface area contributed by atoms with Crippen LogP contribution in [-0.2, 0) is 5.54 Å². The van der Waals surface area contributed by atoms with Crippen LogP contribution < -0.4 is 0 Å². The van der Waals surface area contributed by atoms with Crippen molar-refractivity contribution < 1.29 is 5.11 Å². The molecule has 1 aliphatic heterocycles. The molecule has 2 aromatic heterocycles. The molecular weight excluding hydrogens is 310 g/mol. The molecule has 1 aliphatic rings. The van der Waals surface area contributed by atoms with Crippen LogP contribution >= 0.6 is 0 Å². The molecule has 0 unspecified atom stereocenters. The van der Waals surface area contributed by atoms with Crippen molar-refractivity contribution in [1.82, 2.24) is 9.55 Å². The molecule has 0 fully saturated rings. The van der Waals surface area contributed by atoms with E-state index in [1.54, 1.807) is 12.4 Å². The van der Waals surface area contributed by atoms with Gasteiger partial charge in [-0.05, 0) is 63.1 Å². The Labute approximate surface area is 147 Å². The molecule has 126 valence electrons. The third-order valence-electron chi connectivity index (χ3n) is 4.77. The minimum Gasteiger partial charge on any atom is -0.494 e. The molecule has 25 heavy (non-hydrogen) atoms. The van der Waals surface area contributed by atoms with Crippen LogP contribution in [0.25, 0.3) is 16.5 Å². The fourth-order valence-electron chi connectivity index (χ4n) is 3.79. The molecule has 4 nitrogen and oxygen atoms in total. The molecule has 0 atom stereocenters. The summed E-state index contributed by atoms with van der Waals surface area (Å²) in [7, 11) is 0. The Morgan fingerprint density at radius 2 is 2.00 bits per heavy atom. The van der Waals surface area contributed by atoms with Crippen molar-refractivity contribution in [1.29, 1.82) is 0 Å². The average Bonchev–Trinajstić information content (AvgIpc) is 2.84. The molecule has 4 heteroatoms. The summed E-state index contributed by atoms with van der Waals surface area (Å²) in [4.78, 5) is 8.68. The van der Waals surface area contributed by atoms with Crippen molar-refractivity contribution in [2.24, 2.45) is 4.99 Å². The molecule has 3 heterocycles. The van der Waals surface area contributed by atoms with Crippen LogP contribution in [0.4, 0.5) is 5.82 Å². The van der Waals surface area contributed by atoms with Crippen LogP contribution in [0.15, 0.2) is 47.6 Å². The van der Waals surface area contributed by atoms with Gasteiger partial charge in [0.05, 0.1) is 16.6 Å². The van der Waals surface area contributed by atoms with E-state index in [1.807, 2.05) is 22.8 Å². The average molecular weight is 331 g/mol. The van der Waals surface area contributed by atoms with Crippen LogP contribution in [0.1, 0.15) is 37.5 Å². The van der Waals surface area contributed by atoms with Gasteiger partial charge in [-0.2, -0.15) is 0 Å². The van der Waals surface area contributed by atoms with Gasteiger partial charge in [0.15, 0.2) is 5.82 Å². The highest BCUT2D eigenvalue weighted by Gasteiger charge is 2.31. The molecule has 4 rings (SSSR count). The van der Waals surface area contributed by atoms with Crippen LogP contribution in [0.5, 0.6) is 5.88 Å². The van der Waals surface area contributed by atoms with E-state index in [2.05, 4.69) is 55.9 Å². The van der Waals surface area contributed by atoms with Gasteiger partial charge >= 0.3 is 0 Å². The molecule has 3 aromatic rings. The van der Waals surface area contributed by atoms with Gasteiger partial charge in [0.1, 0.15) is 0 Å². The standard InChI is InChI=1S/C21H21N3O/c1-13-9-15-14(2)11-21(3,4)24-19(15)16(10-13)17(20(24)25)12-23-18-7-5-6-8-22-18/h5-12,25H,1-4H3. The van der Waals surface area contributed by atoms with Gasteiger partial charge in [0.2, 0.25) is 5.88 Å². The van der Waals surface area contributed by atoms with E-state index in [1.165, 1.54) is 16.7 Å². The summed E-state index contributed by atoms with van der Waals surface area (Å²) in [6.07, 6.45) is 5.63. The number of allylic oxidation sites excluding steroid dienone is 2. The number of hydrogen-bond acceptors (Lipinski definition) is 3. The predicted octanol–water partition coefficient (Wildman–Crippen LogP) is 4.95. The second kappa shape index (κ2) is 5.31. The lowest BCUT2D eigenvalue weighted by Crippen LogP contribution is -2.26. The summed E-state index contributed by atoms with van der Waals surface area (Å²) in [6, 6.07) is 9.90. The Hall–Kier alpha value is -2.88. The van der Waals surface area contributed by atoms with Gasteiger partial charge in [0.25, 0.3) is 0 Å². The van der Waals surface area contributed by atoms with Gasteiger partial charge in [-0.1, -0.05) is 12.1 Å². The lowest BCUT2D eigenvalue weighted by molar-refractivity contribution is 0.361. The molecule has 0 radical (unpaired) electrons. The number of benzene rings is 1. The number of aryl methyl sites for hydroxylation is 1. The van der Waals surface area contributed by atoms with Crippen LogP contribution in [0.3, 0.4) is 0 Å². The molecule has 0 amide bonds. The first-order chi connectivity index (χ1) is 11.9. The SMILES string of the molecule is CC1=CC(C)(C)n2c(O)c(C=Nc3ccccn3)c3cc(C)cc1c32. The minimum atomic E-state index is -0.300. The second-order valence-electron chi connectivity index (χ2n) is 7.21. The monoisotopic (exact) mass is 331 g/mol.